The molecule has 0 saturated carbocycles. The predicted molar refractivity (Wildman–Crippen MR) is 137 cm³/mol. The first-order valence-electron chi connectivity index (χ1n) is 11.5. The van der Waals surface area contributed by atoms with Crippen molar-refractivity contribution in [1.82, 2.24) is 13.7 Å². The summed E-state index contributed by atoms with van der Waals surface area (Å²) >= 11 is 6.34. The normalized spacial score (nSPS) is 11.5. The summed E-state index contributed by atoms with van der Waals surface area (Å²) in [5.41, 5.74) is 1.78. The predicted octanol–water partition coefficient (Wildman–Crippen LogP) is 3.93. The first-order valence-corrected chi connectivity index (χ1v) is 11.9. The second-order valence-corrected chi connectivity index (χ2v) is 8.44. The third-order valence-corrected chi connectivity index (χ3v) is 5.68. The van der Waals surface area contributed by atoms with Gasteiger partial charge < -0.3 is 9.47 Å². The van der Waals surface area contributed by atoms with Crippen LogP contribution in [0.1, 0.15) is 31.4 Å². The number of allylic oxidation sites excluding steroid dienone is 1. The van der Waals surface area contributed by atoms with Crippen molar-refractivity contribution in [2.75, 3.05) is 13.2 Å². The van der Waals surface area contributed by atoms with Gasteiger partial charge in [0.05, 0.1) is 36.2 Å². The molecule has 35 heavy (non-hydrogen) atoms. The highest BCUT2D eigenvalue weighted by Gasteiger charge is 2.14. The maximum atomic E-state index is 13.5. The molecule has 2 aromatic carbocycles. The summed E-state index contributed by atoms with van der Waals surface area (Å²) in [6.07, 6.45) is 0.346. The van der Waals surface area contributed by atoms with E-state index < -0.39 is 11.4 Å². The third-order valence-electron chi connectivity index (χ3n) is 5.39. The van der Waals surface area contributed by atoms with Gasteiger partial charge in [-0.1, -0.05) is 48.0 Å². The molecule has 3 aromatic rings. The molecule has 0 aliphatic heterocycles. The molecule has 0 amide bonds. The van der Waals surface area contributed by atoms with Crippen LogP contribution in [0.5, 0.6) is 5.75 Å². The molecule has 8 nitrogen and oxygen atoms in total. The number of aryl methyl sites for hydroxylation is 1. The zero-order valence-electron chi connectivity index (χ0n) is 20.6. The summed E-state index contributed by atoms with van der Waals surface area (Å²) in [6, 6.07) is 12.9. The van der Waals surface area contributed by atoms with Crippen LogP contribution in [-0.2, 0) is 24.9 Å². The van der Waals surface area contributed by atoms with Gasteiger partial charge in [-0.05, 0) is 44.5 Å². The van der Waals surface area contributed by atoms with E-state index in [-0.39, 0.29) is 18.7 Å². The van der Waals surface area contributed by atoms with Gasteiger partial charge in [-0.15, -0.1) is 0 Å². The quantitative estimate of drug-likeness (QED) is 0.397. The van der Waals surface area contributed by atoms with Gasteiger partial charge in [-0.25, -0.2) is 19.1 Å². The van der Waals surface area contributed by atoms with Crippen molar-refractivity contribution in [3.05, 3.63) is 97.5 Å². The number of nitrogens with zero attached hydrogens (tertiary/aromatic N) is 4. The number of halogens is 1. The lowest BCUT2D eigenvalue weighted by molar-refractivity contribution is 0.215. The Kier molecular flexibility index (Phi) is 8.76. The largest absolute Gasteiger partial charge is 0.499 e. The fourth-order valence-electron chi connectivity index (χ4n) is 3.56. The van der Waals surface area contributed by atoms with Gasteiger partial charge in [0.2, 0.25) is 5.62 Å². The van der Waals surface area contributed by atoms with Crippen molar-refractivity contribution < 1.29 is 9.47 Å². The Morgan fingerprint density at radius 3 is 2.37 bits per heavy atom. The summed E-state index contributed by atoms with van der Waals surface area (Å²) < 4.78 is 14.9. The Morgan fingerprint density at radius 2 is 1.74 bits per heavy atom. The second kappa shape index (κ2) is 11.8. The Hall–Kier alpha value is -3.52. The molecular weight excluding hydrogens is 468 g/mol. The average molecular weight is 499 g/mol. The van der Waals surface area contributed by atoms with Crippen molar-refractivity contribution in [1.29, 1.82) is 0 Å². The number of benzene rings is 2. The van der Waals surface area contributed by atoms with Crippen molar-refractivity contribution in [2.45, 2.75) is 40.3 Å². The molecule has 1 heterocycles. The van der Waals surface area contributed by atoms with E-state index in [1.54, 1.807) is 25.2 Å². The molecule has 1 aromatic heterocycles. The smallest absolute Gasteiger partial charge is 0.335 e. The van der Waals surface area contributed by atoms with Crippen LogP contribution in [0.3, 0.4) is 0 Å². The van der Waals surface area contributed by atoms with Crippen LogP contribution in [0.25, 0.3) is 0 Å². The Balaban J connectivity index is 2.17. The zero-order chi connectivity index (χ0) is 25.5. The van der Waals surface area contributed by atoms with Crippen LogP contribution in [0.2, 0.25) is 5.02 Å². The van der Waals surface area contributed by atoms with Crippen LogP contribution < -0.4 is 21.7 Å². The summed E-state index contributed by atoms with van der Waals surface area (Å²) in [5, 5.41) is 0.394. The monoisotopic (exact) mass is 498 g/mol. The van der Waals surface area contributed by atoms with E-state index in [0.717, 1.165) is 11.1 Å². The Bertz CT molecular complexity index is 1380. The minimum Gasteiger partial charge on any atom is -0.499 e. The highest BCUT2D eigenvalue weighted by molar-refractivity contribution is 6.32. The van der Waals surface area contributed by atoms with E-state index in [2.05, 4.69) is 11.6 Å². The topological polar surface area (TPSA) is 79.8 Å². The van der Waals surface area contributed by atoms with Crippen LogP contribution >= 0.6 is 11.6 Å². The lowest BCUT2D eigenvalue weighted by atomic mass is 10.1. The van der Waals surface area contributed by atoms with Crippen molar-refractivity contribution >= 4 is 17.3 Å². The first kappa shape index (κ1) is 26.1. The third kappa shape index (κ3) is 6.33. The highest BCUT2D eigenvalue weighted by atomic mass is 35.5. The molecule has 0 atom stereocenters. The van der Waals surface area contributed by atoms with Crippen LogP contribution in [0.4, 0.5) is 5.69 Å². The van der Waals surface area contributed by atoms with Gasteiger partial charge in [-0.3, -0.25) is 9.13 Å². The molecule has 9 heteroatoms. The lowest BCUT2D eigenvalue weighted by Gasteiger charge is -2.15. The van der Waals surface area contributed by atoms with Gasteiger partial charge in [0.25, 0.3) is 0 Å². The van der Waals surface area contributed by atoms with E-state index in [1.807, 2.05) is 45.0 Å². The van der Waals surface area contributed by atoms with E-state index in [0.29, 0.717) is 41.9 Å². The summed E-state index contributed by atoms with van der Waals surface area (Å²) in [7, 11) is 1.59. The number of ether oxygens (including phenoxy) is 2. The van der Waals surface area contributed by atoms with Crippen molar-refractivity contribution in [3.63, 3.8) is 0 Å². The molecule has 0 spiro atoms. The minimum atomic E-state index is -0.477. The summed E-state index contributed by atoms with van der Waals surface area (Å²) in [5.74, 6) is 1.06. The number of rotatable bonds is 10. The SMILES string of the molecule is C=C(CCn1c(=O)n(C)c(=Nc2ccc(OCC)c(Cl)c2)n(Cc2ccc(C)cc2)c1=O)OCC. The van der Waals surface area contributed by atoms with Gasteiger partial charge in [-0.2, -0.15) is 0 Å². The minimum absolute atomic E-state index is 0.146. The molecule has 0 saturated heterocycles. The van der Waals surface area contributed by atoms with Crippen LogP contribution in [0.15, 0.2) is 69.4 Å². The molecule has 0 fully saturated rings. The maximum Gasteiger partial charge on any atom is 0.335 e. The fourth-order valence-corrected chi connectivity index (χ4v) is 3.79. The van der Waals surface area contributed by atoms with Gasteiger partial charge >= 0.3 is 11.4 Å². The van der Waals surface area contributed by atoms with Crippen LogP contribution in [0, 0.1) is 6.92 Å². The first-order chi connectivity index (χ1) is 16.7. The average Bonchev–Trinajstić information content (AvgIpc) is 2.83. The van der Waals surface area contributed by atoms with E-state index in [9.17, 15) is 9.59 Å². The summed E-state index contributed by atoms with van der Waals surface area (Å²) in [4.78, 5) is 31.3. The molecule has 0 aliphatic carbocycles. The van der Waals surface area contributed by atoms with Gasteiger partial charge in [0.15, 0.2) is 0 Å². The molecule has 0 aliphatic rings. The summed E-state index contributed by atoms with van der Waals surface area (Å²) in [6.45, 7) is 10.9. The molecule has 3 rings (SSSR count). The fraction of sp³-hybridized carbons (Fsp3) is 0.346. The van der Waals surface area contributed by atoms with Gasteiger partial charge in [0, 0.05) is 20.0 Å². The zero-order valence-corrected chi connectivity index (χ0v) is 21.3. The molecule has 0 bridgehead atoms. The van der Waals surface area contributed by atoms with Crippen molar-refractivity contribution in [3.8, 4) is 5.75 Å². The highest BCUT2D eigenvalue weighted by Crippen LogP contribution is 2.28. The Morgan fingerprint density at radius 1 is 1.03 bits per heavy atom. The number of hydrogen-bond donors (Lipinski definition) is 0. The van der Waals surface area contributed by atoms with Crippen molar-refractivity contribution in [2.24, 2.45) is 12.0 Å². The molecule has 0 N–H and O–H groups in total. The Labute approximate surface area is 209 Å². The van der Waals surface area contributed by atoms with E-state index in [4.69, 9.17) is 21.1 Å². The molecular formula is C26H31ClN4O4. The second-order valence-electron chi connectivity index (χ2n) is 8.03. The number of hydrogen-bond acceptors (Lipinski definition) is 5. The standard InChI is InChI=1S/C26H31ClN4O4/c1-6-34-19(4)14-15-30-25(32)29(5)24(28-21-12-13-23(35-7-2)22(27)16-21)31(26(30)33)17-20-10-8-18(3)9-11-20/h8-13,16H,4,6-7,14-15,17H2,1-3,5H3. The maximum absolute atomic E-state index is 13.5. The number of aromatic nitrogens is 3. The van der Waals surface area contributed by atoms with E-state index >= 15 is 0 Å². The van der Waals surface area contributed by atoms with Gasteiger partial charge in [0.1, 0.15) is 5.75 Å². The molecule has 186 valence electrons. The molecule has 0 unspecified atom stereocenters. The van der Waals surface area contributed by atoms with Crippen LogP contribution in [-0.4, -0.2) is 26.9 Å². The molecule has 0 radical (unpaired) electrons. The lowest BCUT2D eigenvalue weighted by Crippen LogP contribution is -2.54. The van der Waals surface area contributed by atoms with E-state index in [1.165, 1.54) is 13.7 Å².